The Hall–Kier alpha value is -1.42. The van der Waals surface area contributed by atoms with Gasteiger partial charge in [-0.25, -0.2) is 0 Å². The molecule has 0 unspecified atom stereocenters. The van der Waals surface area contributed by atoms with E-state index in [0.717, 1.165) is 6.54 Å². The molecule has 0 saturated carbocycles. The van der Waals surface area contributed by atoms with E-state index in [0.29, 0.717) is 28.6 Å². The molecular formula is C16H16Cl2N2O. The molecule has 21 heavy (non-hydrogen) atoms. The first kappa shape index (κ1) is 16.0. The first-order valence-electron chi connectivity index (χ1n) is 6.62. The molecule has 0 saturated heterocycles. The van der Waals surface area contributed by atoms with Gasteiger partial charge in [0, 0.05) is 37.5 Å². The number of ketones is 1. The summed E-state index contributed by atoms with van der Waals surface area (Å²) in [5, 5.41) is 0.744. The average molecular weight is 323 g/mol. The summed E-state index contributed by atoms with van der Waals surface area (Å²) in [6, 6.07) is 9.05. The van der Waals surface area contributed by atoms with Gasteiger partial charge in [0.05, 0.1) is 10.0 Å². The van der Waals surface area contributed by atoms with Gasteiger partial charge < -0.3 is 4.90 Å². The zero-order valence-electron chi connectivity index (χ0n) is 11.7. The SMILES string of the molecule is CN(CCC(=O)c1cccc(Cl)c1Cl)Cc1ccncc1. The van der Waals surface area contributed by atoms with E-state index in [9.17, 15) is 4.79 Å². The maximum atomic E-state index is 12.2. The Kier molecular flexibility index (Phi) is 5.74. The topological polar surface area (TPSA) is 33.2 Å². The molecule has 0 atom stereocenters. The zero-order chi connectivity index (χ0) is 15.2. The summed E-state index contributed by atoms with van der Waals surface area (Å²) in [5.41, 5.74) is 1.65. The molecule has 1 aromatic heterocycles. The molecule has 1 heterocycles. The van der Waals surface area contributed by atoms with Gasteiger partial charge in [0.15, 0.2) is 5.78 Å². The van der Waals surface area contributed by atoms with E-state index < -0.39 is 0 Å². The van der Waals surface area contributed by atoms with Crippen LogP contribution in [0.3, 0.4) is 0 Å². The standard InChI is InChI=1S/C16H16Cl2N2O/c1-20(11-12-5-8-19-9-6-12)10-7-15(21)13-3-2-4-14(17)16(13)18/h2-6,8-9H,7,10-11H2,1H3. The number of carbonyl (C=O) groups excluding carboxylic acids is 1. The van der Waals surface area contributed by atoms with Crippen LogP contribution in [-0.2, 0) is 6.54 Å². The van der Waals surface area contributed by atoms with Crippen LogP contribution in [0.15, 0.2) is 42.7 Å². The van der Waals surface area contributed by atoms with E-state index in [-0.39, 0.29) is 5.78 Å². The first-order chi connectivity index (χ1) is 10.1. The largest absolute Gasteiger partial charge is 0.302 e. The molecular weight excluding hydrogens is 307 g/mol. The van der Waals surface area contributed by atoms with Gasteiger partial charge in [0.2, 0.25) is 0 Å². The number of nitrogens with zero attached hydrogens (tertiary/aromatic N) is 2. The average Bonchev–Trinajstić information content (AvgIpc) is 2.48. The van der Waals surface area contributed by atoms with E-state index in [2.05, 4.69) is 9.88 Å². The molecule has 3 nitrogen and oxygen atoms in total. The van der Waals surface area contributed by atoms with Crippen LogP contribution in [0, 0.1) is 0 Å². The lowest BCUT2D eigenvalue weighted by Crippen LogP contribution is -2.21. The number of aromatic nitrogens is 1. The van der Waals surface area contributed by atoms with Gasteiger partial charge in [-0.3, -0.25) is 9.78 Å². The van der Waals surface area contributed by atoms with Crippen molar-refractivity contribution in [1.82, 2.24) is 9.88 Å². The Morgan fingerprint density at radius 3 is 2.62 bits per heavy atom. The Bertz CT molecular complexity index is 617. The molecule has 110 valence electrons. The second-order valence-corrected chi connectivity index (χ2v) is 5.65. The van der Waals surface area contributed by atoms with Crippen LogP contribution < -0.4 is 0 Å². The summed E-state index contributed by atoms with van der Waals surface area (Å²) < 4.78 is 0. The fourth-order valence-electron chi connectivity index (χ4n) is 2.03. The normalized spacial score (nSPS) is 10.9. The molecule has 0 fully saturated rings. The highest BCUT2D eigenvalue weighted by molar-refractivity contribution is 6.43. The molecule has 0 bridgehead atoms. The van der Waals surface area contributed by atoms with Crippen molar-refractivity contribution in [2.75, 3.05) is 13.6 Å². The highest BCUT2D eigenvalue weighted by Crippen LogP contribution is 2.26. The lowest BCUT2D eigenvalue weighted by molar-refractivity contribution is 0.0968. The van der Waals surface area contributed by atoms with Gasteiger partial charge in [-0.15, -0.1) is 0 Å². The first-order valence-corrected chi connectivity index (χ1v) is 7.38. The van der Waals surface area contributed by atoms with Gasteiger partial charge in [-0.2, -0.15) is 0 Å². The van der Waals surface area contributed by atoms with Crippen LogP contribution in [0.1, 0.15) is 22.3 Å². The predicted octanol–water partition coefficient (Wildman–Crippen LogP) is 4.09. The van der Waals surface area contributed by atoms with E-state index in [1.54, 1.807) is 30.6 Å². The highest BCUT2D eigenvalue weighted by Gasteiger charge is 2.13. The Labute approximate surface area is 134 Å². The molecule has 2 aromatic rings. The van der Waals surface area contributed by atoms with Crippen molar-refractivity contribution < 1.29 is 4.79 Å². The van der Waals surface area contributed by atoms with E-state index in [1.807, 2.05) is 19.2 Å². The van der Waals surface area contributed by atoms with Crippen molar-refractivity contribution in [2.24, 2.45) is 0 Å². The zero-order valence-corrected chi connectivity index (χ0v) is 13.2. The van der Waals surface area contributed by atoms with Gasteiger partial charge in [0.25, 0.3) is 0 Å². The van der Waals surface area contributed by atoms with Crippen molar-refractivity contribution in [1.29, 1.82) is 0 Å². The Balaban J connectivity index is 1.90. The van der Waals surface area contributed by atoms with E-state index in [4.69, 9.17) is 23.2 Å². The number of halogens is 2. The Morgan fingerprint density at radius 1 is 1.19 bits per heavy atom. The number of carbonyl (C=O) groups is 1. The highest BCUT2D eigenvalue weighted by atomic mass is 35.5. The third-order valence-corrected chi connectivity index (χ3v) is 3.99. The van der Waals surface area contributed by atoms with E-state index >= 15 is 0 Å². The number of benzene rings is 1. The van der Waals surface area contributed by atoms with Gasteiger partial charge in [-0.1, -0.05) is 29.3 Å². The minimum absolute atomic E-state index is 0.00378. The van der Waals surface area contributed by atoms with Gasteiger partial charge >= 0.3 is 0 Å². The quantitative estimate of drug-likeness (QED) is 0.751. The molecule has 2 rings (SSSR count). The van der Waals surface area contributed by atoms with Crippen molar-refractivity contribution in [3.63, 3.8) is 0 Å². The predicted molar refractivity (Wildman–Crippen MR) is 86.0 cm³/mol. The molecule has 0 N–H and O–H groups in total. The minimum atomic E-state index is 0.00378. The second kappa shape index (κ2) is 7.55. The fourth-order valence-corrected chi connectivity index (χ4v) is 2.43. The van der Waals surface area contributed by atoms with Gasteiger partial charge in [-0.05, 0) is 36.9 Å². The molecule has 0 aliphatic carbocycles. The summed E-state index contributed by atoms with van der Waals surface area (Å²) >= 11 is 12.0. The number of hydrogen-bond acceptors (Lipinski definition) is 3. The van der Waals surface area contributed by atoms with Crippen LogP contribution >= 0.6 is 23.2 Å². The molecule has 0 radical (unpaired) electrons. The molecule has 1 aromatic carbocycles. The summed E-state index contributed by atoms with van der Waals surface area (Å²) in [6.07, 6.45) is 3.93. The smallest absolute Gasteiger partial charge is 0.165 e. The molecule has 0 aliphatic rings. The molecule has 0 spiro atoms. The van der Waals surface area contributed by atoms with Crippen molar-refractivity contribution in [2.45, 2.75) is 13.0 Å². The summed E-state index contributed by atoms with van der Waals surface area (Å²) in [6.45, 7) is 1.43. The molecule has 0 aliphatic heterocycles. The molecule has 0 amide bonds. The number of pyridine rings is 1. The lowest BCUT2D eigenvalue weighted by atomic mass is 10.1. The third-order valence-electron chi connectivity index (χ3n) is 3.17. The van der Waals surface area contributed by atoms with E-state index in [1.165, 1.54) is 5.56 Å². The molecule has 5 heteroatoms. The minimum Gasteiger partial charge on any atom is -0.302 e. The summed E-state index contributed by atoms with van der Waals surface area (Å²) in [5.74, 6) is 0.00378. The van der Waals surface area contributed by atoms with Crippen molar-refractivity contribution in [3.05, 3.63) is 63.9 Å². The number of hydrogen-bond donors (Lipinski definition) is 0. The maximum absolute atomic E-state index is 12.2. The second-order valence-electron chi connectivity index (χ2n) is 4.87. The van der Waals surface area contributed by atoms with Crippen LogP contribution in [0.2, 0.25) is 10.0 Å². The summed E-state index contributed by atoms with van der Waals surface area (Å²) in [4.78, 5) is 18.3. The lowest BCUT2D eigenvalue weighted by Gasteiger charge is -2.16. The van der Waals surface area contributed by atoms with Crippen LogP contribution in [0.25, 0.3) is 0 Å². The van der Waals surface area contributed by atoms with Crippen molar-refractivity contribution in [3.8, 4) is 0 Å². The van der Waals surface area contributed by atoms with Crippen LogP contribution in [0.4, 0.5) is 0 Å². The van der Waals surface area contributed by atoms with Crippen molar-refractivity contribution >= 4 is 29.0 Å². The maximum Gasteiger partial charge on any atom is 0.165 e. The third kappa shape index (κ3) is 4.53. The van der Waals surface area contributed by atoms with Crippen LogP contribution in [-0.4, -0.2) is 29.3 Å². The van der Waals surface area contributed by atoms with Gasteiger partial charge in [0.1, 0.15) is 0 Å². The summed E-state index contributed by atoms with van der Waals surface area (Å²) in [7, 11) is 1.98. The monoisotopic (exact) mass is 322 g/mol. The number of rotatable bonds is 6. The Morgan fingerprint density at radius 2 is 1.90 bits per heavy atom. The fraction of sp³-hybridized carbons (Fsp3) is 0.250. The number of Topliss-reactive ketones (excluding diaryl/α,β-unsaturated/α-hetero) is 1. The van der Waals surface area contributed by atoms with Crippen LogP contribution in [0.5, 0.6) is 0 Å².